The van der Waals surface area contributed by atoms with E-state index in [1.165, 1.54) is 4.90 Å². The summed E-state index contributed by atoms with van der Waals surface area (Å²) in [5, 5.41) is 15.0. The van der Waals surface area contributed by atoms with Crippen LogP contribution in [-0.4, -0.2) is 44.9 Å². The first-order valence-electron chi connectivity index (χ1n) is 7.92. The molecule has 1 amide bonds. The van der Waals surface area contributed by atoms with Crippen molar-refractivity contribution in [1.29, 1.82) is 0 Å². The average molecular weight is 350 g/mol. The molecule has 0 unspecified atom stereocenters. The lowest BCUT2D eigenvalue weighted by molar-refractivity contribution is 0.0367. The molecule has 2 aromatic rings. The number of nitrogens with zero attached hydrogens (tertiary/aromatic N) is 3. The fourth-order valence-corrected chi connectivity index (χ4v) is 2.93. The summed E-state index contributed by atoms with van der Waals surface area (Å²) < 4.78 is 1.75. The van der Waals surface area contributed by atoms with Crippen LogP contribution in [0.15, 0.2) is 30.5 Å². The van der Waals surface area contributed by atoms with Gasteiger partial charge in [0.15, 0.2) is 0 Å². The van der Waals surface area contributed by atoms with Gasteiger partial charge in [-0.05, 0) is 38.0 Å². The van der Waals surface area contributed by atoms with Crippen LogP contribution >= 0.6 is 11.6 Å². The van der Waals surface area contributed by atoms with Gasteiger partial charge in [-0.3, -0.25) is 4.79 Å². The van der Waals surface area contributed by atoms with E-state index in [1.54, 1.807) is 37.8 Å². The van der Waals surface area contributed by atoms with Gasteiger partial charge in [0.05, 0.1) is 28.7 Å². The first-order valence-corrected chi connectivity index (χ1v) is 8.29. The molecule has 2 rings (SSSR count). The molecule has 1 heterocycles. The highest BCUT2D eigenvalue weighted by Crippen LogP contribution is 2.25. The van der Waals surface area contributed by atoms with E-state index in [0.29, 0.717) is 10.6 Å². The summed E-state index contributed by atoms with van der Waals surface area (Å²) in [6, 6.07) is 7.37. The van der Waals surface area contributed by atoms with Crippen molar-refractivity contribution in [1.82, 2.24) is 14.7 Å². The van der Waals surface area contributed by atoms with E-state index >= 15 is 0 Å². The van der Waals surface area contributed by atoms with Crippen LogP contribution in [0.4, 0.5) is 0 Å². The third kappa shape index (κ3) is 4.16. The summed E-state index contributed by atoms with van der Waals surface area (Å²) in [7, 11) is 1.68. The fraction of sp³-hybridized carbons (Fsp3) is 0.444. The zero-order valence-corrected chi connectivity index (χ0v) is 15.5. The van der Waals surface area contributed by atoms with Gasteiger partial charge in [0.2, 0.25) is 0 Å². The predicted octanol–water partition coefficient (Wildman–Crippen LogP) is 3.49. The third-order valence-electron chi connectivity index (χ3n) is 3.61. The Morgan fingerprint density at radius 2 is 2.08 bits per heavy atom. The molecular weight excluding hydrogens is 326 g/mol. The number of carbonyl (C=O) groups excluding carboxylic acids is 1. The molecule has 0 atom stereocenters. The van der Waals surface area contributed by atoms with Gasteiger partial charge in [-0.15, -0.1) is 0 Å². The fourth-order valence-electron chi connectivity index (χ4n) is 2.75. The lowest BCUT2D eigenvalue weighted by Crippen LogP contribution is -2.40. The first-order chi connectivity index (χ1) is 11.1. The van der Waals surface area contributed by atoms with Crippen LogP contribution in [0.1, 0.15) is 49.7 Å². The second-order valence-corrected chi connectivity index (χ2v) is 7.40. The van der Waals surface area contributed by atoms with Gasteiger partial charge in [-0.1, -0.05) is 31.5 Å². The molecule has 0 saturated carbocycles. The van der Waals surface area contributed by atoms with Crippen LogP contribution in [0.3, 0.4) is 0 Å². The standard InChI is InChI=1S/C18H24ClN3O2/c1-12(2)16-15(17(23)21(5)11-18(3,4)24)10-20-22(16)14-8-6-7-13(19)9-14/h6-10,12,24H,11H2,1-5H3. The Morgan fingerprint density at radius 3 is 2.62 bits per heavy atom. The van der Waals surface area contributed by atoms with E-state index in [1.807, 2.05) is 32.0 Å². The Kier molecular flexibility index (Phi) is 5.35. The topological polar surface area (TPSA) is 58.4 Å². The van der Waals surface area contributed by atoms with E-state index in [4.69, 9.17) is 11.6 Å². The van der Waals surface area contributed by atoms with Crippen molar-refractivity contribution < 1.29 is 9.90 Å². The van der Waals surface area contributed by atoms with Gasteiger partial charge in [-0.2, -0.15) is 5.10 Å². The quantitative estimate of drug-likeness (QED) is 0.898. The molecular formula is C18H24ClN3O2. The van der Waals surface area contributed by atoms with Gasteiger partial charge in [0.25, 0.3) is 5.91 Å². The highest BCUT2D eigenvalue weighted by Gasteiger charge is 2.26. The third-order valence-corrected chi connectivity index (χ3v) is 3.84. The van der Waals surface area contributed by atoms with Crippen LogP contribution in [0, 0.1) is 0 Å². The highest BCUT2D eigenvalue weighted by atomic mass is 35.5. The van der Waals surface area contributed by atoms with Crippen molar-refractivity contribution in [2.24, 2.45) is 0 Å². The van der Waals surface area contributed by atoms with E-state index in [2.05, 4.69) is 5.10 Å². The summed E-state index contributed by atoms with van der Waals surface area (Å²) >= 11 is 6.08. The number of carbonyl (C=O) groups is 1. The number of aromatic nitrogens is 2. The Bertz CT molecular complexity index is 732. The first kappa shape index (κ1) is 18.5. The Morgan fingerprint density at radius 1 is 1.42 bits per heavy atom. The number of hydrogen-bond donors (Lipinski definition) is 1. The van der Waals surface area contributed by atoms with Crippen LogP contribution in [0.2, 0.25) is 5.02 Å². The number of benzene rings is 1. The van der Waals surface area contributed by atoms with E-state index in [0.717, 1.165) is 11.4 Å². The Labute approximate surface area is 147 Å². The number of amides is 1. The van der Waals surface area contributed by atoms with Gasteiger partial charge >= 0.3 is 0 Å². The lowest BCUT2D eigenvalue weighted by atomic mass is 10.0. The van der Waals surface area contributed by atoms with Crippen molar-refractivity contribution in [2.45, 2.75) is 39.2 Å². The summed E-state index contributed by atoms with van der Waals surface area (Å²) in [6.07, 6.45) is 1.58. The number of halogens is 1. The molecule has 1 N–H and O–H groups in total. The molecule has 5 nitrogen and oxygen atoms in total. The van der Waals surface area contributed by atoms with Crippen LogP contribution in [0.25, 0.3) is 5.69 Å². The Hall–Kier alpha value is -1.85. The van der Waals surface area contributed by atoms with Crippen LogP contribution in [0.5, 0.6) is 0 Å². The van der Waals surface area contributed by atoms with Gasteiger partial charge < -0.3 is 10.0 Å². The maximum atomic E-state index is 12.8. The summed E-state index contributed by atoms with van der Waals surface area (Å²) in [5.41, 5.74) is 1.22. The van der Waals surface area contributed by atoms with Crippen molar-refractivity contribution >= 4 is 17.5 Å². The summed E-state index contributed by atoms with van der Waals surface area (Å²) in [4.78, 5) is 14.3. The number of likely N-dealkylation sites (N-methyl/N-ethyl adjacent to an activating group) is 1. The average Bonchev–Trinajstić information content (AvgIpc) is 2.89. The zero-order valence-electron chi connectivity index (χ0n) is 14.7. The molecule has 0 bridgehead atoms. The normalized spacial score (nSPS) is 11.8. The SMILES string of the molecule is CC(C)c1c(C(=O)N(C)CC(C)(C)O)cnn1-c1cccc(Cl)c1. The molecule has 130 valence electrons. The lowest BCUT2D eigenvalue weighted by Gasteiger charge is -2.26. The molecule has 1 aromatic heterocycles. The predicted molar refractivity (Wildman–Crippen MR) is 95.9 cm³/mol. The van der Waals surface area contributed by atoms with Crippen LogP contribution < -0.4 is 0 Å². The van der Waals surface area contributed by atoms with Crippen molar-refractivity contribution in [3.05, 3.63) is 46.7 Å². The second-order valence-electron chi connectivity index (χ2n) is 6.96. The molecule has 0 aliphatic carbocycles. The van der Waals surface area contributed by atoms with Gasteiger partial charge in [0.1, 0.15) is 0 Å². The Balaban J connectivity index is 2.44. The van der Waals surface area contributed by atoms with Crippen LogP contribution in [-0.2, 0) is 0 Å². The molecule has 0 spiro atoms. The molecule has 0 aliphatic heterocycles. The van der Waals surface area contributed by atoms with Gasteiger partial charge in [0, 0.05) is 18.6 Å². The highest BCUT2D eigenvalue weighted by molar-refractivity contribution is 6.30. The minimum atomic E-state index is -0.953. The smallest absolute Gasteiger partial charge is 0.257 e. The summed E-state index contributed by atoms with van der Waals surface area (Å²) in [6.45, 7) is 7.63. The van der Waals surface area contributed by atoms with Crippen molar-refractivity contribution in [3.8, 4) is 5.69 Å². The minimum Gasteiger partial charge on any atom is -0.389 e. The number of hydrogen-bond acceptors (Lipinski definition) is 3. The minimum absolute atomic E-state index is 0.0981. The van der Waals surface area contributed by atoms with E-state index in [-0.39, 0.29) is 18.4 Å². The number of rotatable bonds is 5. The molecule has 0 aliphatic rings. The largest absolute Gasteiger partial charge is 0.389 e. The molecule has 1 aromatic carbocycles. The maximum absolute atomic E-state index is 12.8. The molecule has 6 heteroatoms. The molecule has 24 heavy (non-hydrogen) atoms. The van der Waals surface area contributed by atoms with Crippen molar-refractivity contribution in [2.75, 3.05) is 13.6 Å². The molecule has 0 saturated heterocycles. The summed E-state index contributed by atoms with van der Waals surface area (Å²) in [5.74, 6) is -0.0601. The molecule has 0 fully saturated rings. The zero-order chi connectivity index (χ0) is 18.1. The maximum Gasteiger partial charge on any atom is 0.257 e. The van der Waals surface area contributed by atoms with E-state index in [9.17, 15) is 9.90 Å². The monoisotopic (exact) mass is 349 g/mol. The van der Waals surface area contributed by atoms with Gasteiger partial charge in [-0.25, -0.2) is 4.68 Å². The van der Waals surface area contributed by atoms with Crippen molar-refractivity contribution in [3.63, 3.8) is 0 Å². The van der Waals surface area contributed by atoms with E-state index < -0.39 is 5.60 Å². The molecule has 0 radical (unpaired) electrons. The second kappa shape index (κ2) is 6.95. The number of aliphatic hydroxyl groups is 1.